The van der Waals surface area contributed by atoms with E-state index < -0.39 is 0 Å². The SMILES string of the molecule is CCc1ccc(C2CCNc3c(N)cnn32)cc1. The number of hydrogen-bond acceptors (Lipinski definition) is 3. The summed E-state index contributed by atoms with van der Waals surface area (Å²) in [6, 6.07) is 9.10. The van der Waals surface area contributed by atoms with Crippen LogP contribution in [0.4, 0.5) is 11.5 Å². The van der Waals surface area contributed by atoms with Crippen molar-refractivity contribution in [3.8, 4) is 0 Å². The number of aryl methyl sites for hydroxylation is 1. The molecule has 4 nitrogen and oxygen atoms in total. The average Bonchev–Trinajstić information content (AvgIpc) is 2.81. The Kier molecular flexibility index (Phi) is 2.70. The van der Waals surface area contributed by atoms with Gasteiger partial charge in [-0.2, -0.15) is 5.10 Å². The van der Waals surface area contributed by atoms with Crippen molar-refractivity contribution in [2.45, 2.75) is 25.8 Å². The highest BCUT2D eigenvalue weighted by atomic mass is 15.4. The van der Waals surface area contributed by atoms with Gasteiger partial charge in [0.05, 0.1) is 17.9 Å². The highest BCUT2D eigenvalue weighted by Crippen LogP contribution is 2.32. The zero-order chi connectivity index (χ0) is 12.5. The Morgan fingerprint density at radius 1 is 1.39 bits per heavy atom. The van der Waals surface area contributed by atoms with Crippen LogP contribution >= 0.6 is 0 Å². The lowest BCUT2D eigenvalue weighted by Gasteiger charge is -2.26. The second-order valence-corrected chi connectivity index (χ2v) is 4.72. The first-order valence-electron chi connectivity index (χ1n) is 6.45. The van der Waals surface area contributed by atoms with Crippen LogP contribution < -0.4 is 11.1 Å². The summed E-state index contributed by atoms with van der Waals surface area (Å²) in [6.07, 6.45) is 3.84. The lowest BCUT2D eigenvalue weighted by atomic mass is 10.0. The van der Waals surface area contributed by atoms with Crippen LogP contribution in [-0.2, 0) is 6.42 Å². The third kappa shape index (κ3) is 1.74. The molecule has 4 heteroatoms. The zero-order valence-electron chi connectivity index (χ0n) is 10.6. The van der Waals surface area contributed by atoms with Gasteiger partial charge in [0.2, 0.25) is 0 Å². The van der Waals surface area contributed by atoms with E-state index in [1.54, 1.807) is 6.20 Å². The number of benzene rings is 1. The molecule has 1 atom stereocenters. The first-order chi connectivity index (χ1) is 8.79. The lowest BCUT2D eigenvalue weighted by Crippen LogP contribution is -2.24. The van der Waals surface area contributed by atoms with Gasteiger partial charge in [-0.05, 0) is 24.0 Å². The molecule has 18 heavy (non-hydrogen) atoms. The number of nitrogen functional groups attached to an aromatic ring is 1. The Morgan fingerprint density at radius 2 is 2.17 bits per heavy atom. The Morgan fingerprint density at radius 3 is 2.89 bits per heavy atom. The Balaban J connectivity index is 1.97. The summed E-state index contributed by atoms with van der Waals surface area (Å²) in [6.45, 7) is 3.11. The minimum atomic E-state index is 0.296. The van der Waals surface area contributed by atoms with Gasteiger partial charge >= 0.3 is 0 Å². The fraction of sp³-hybridized carbons (Fsp3) is 0.357. The van der Waals surface area contributed by atoms with E-state index in [2.05, 4.69) is 41.6 Å². The van der Waals surface area contributed by atoms with Crippen molar-refractivity contribution in [1.29, 1.82) is 0 Å². The number of fused-ring (bicyclic) bond motifs is 1. The summed E-state index contributed by atoms with van der Waals surface area (Å²) in [5.74, 6) is 0.950. The Labute approximate surface area is 107 Å². The van der Waals surface area contributed by atoms with Crippen LogP contribution in [0.25, 0.3) is 0 Å². The maximum absolute atomic E-state index is 5.90. The van der Waals surface area contributed by atoms with Crippen LogP contribution in [0, 0.1) is 0 Å². The molecule has 2 aromatic rings. The van der Waals surface area contributed by atoms with Crippen molar-refractivity contribution >= 4 is 11.5 Å². The van der Waals surface area contributed by atoms with Gasteiger partial charge in [0.1, 0.15) is 5.82 Å². The highest BCUT2D eigenvalue weighted by Gasteiger charge is 2.23. The number of aromatic nitrogens is 2. The monoisotopic (exact) mass is 242 g/mol. The summed E-state index contributed by atoms with van der Waals surface area (Å²) in [5.41, 5.74) is 9.30. The van der Waals surface area contributed by atoms with Gasteiger partial charge < -0.3 is 11.1 Å². The fourth-order valence-electron chi connectivity index (χ4n) is 2.53. The van der Waals surface area contributed by atoms with Crippen LogP contribution in [0.5, 0.6) is 0 Å². The molecule has 0 saturated heterocycles. The van der Waals surface area contributed by atoms with Gasteiger partial charge in [-0.15, -0.1) is 0 Å². The second-order valence-electron chi connectivity index (χ2n) is 4.72. The topological polar surface area (TPSA) is 55.9 Å². The maximum atomic E-state index is 5.90. The van der Waals surface area contributed by atoms with Gasteiger partial charge in [0.15, 0.2) is 0 Å². The van der Waals surface area contributed by atoms with E-state index in [0.29, 0.717) is 6.04 Å². The number of nitrogens with one attached hydrogen (secondary N) is 1. The van der Waals surface area contributed by atoms with Crippen molar-refractivity contribution in [1.82, 2.24) is 9.78 Å². The normalized spacial score (nSPS) is 18.2. The van der Waals surface area contributed by atoms with E-state index in [-0.39, 0.29) is 0 Å². The molecule has 1 aliphatic heterocycles. The molecule has 1 unspecified atom stereocenters. The molecule has 0 aliphatic carbocycles. The molecule has 3 N–H and O–H groups in total. The van der Waals surface area contributed by atoms with E-state index in [9.17, 15) is 0 Å². The Hall–Kier alpha value is -1.97. The Bertz CT molecular complexity index is 541. The summed E-state index contributed by atoms with van der Waals surface area (Å²) < 4.78 is 2.00. The summed E-state index contributed by atoms with van der Waals surface area (Å²) in [7, 11) is 0. The third-order valence-electron chi connectivity index (χ3n) is 3.60. The van der Waals surface area contributed by atoms with E-state index in [1.165, 1.54) is 11.1 Å². The van der Waals surface area contributed by atoms with E-state index >= 15 is 0 Å². The zero-order valence-corrected chi connectivity index (χ0v) is 10.6. The molecule has 94 valence electrons. The molecule has 2 heterocycles. The maximum Gasteiger partial charge on any atom is 0.148 e. The van der Waals surface area contributed by atoms with Crippen molar-refractivity contribution in [3.63, 3.8) is 0 Å². The molecule has 3 rings (SSSR count). The van der Waals surface area contributed by atoms with E-state index in [0.717, 1.165) is 30.9 Å². The van der Waals surface area contributed by atoms with Gasteiger partial charge in [0.25, 0.3) is 0 Å². The molecular weight excluding hydrogens is 224 g/mol. The molecule has 0 amide bonds. The standard InChI is InChI=1S/C14H18N4/c1-2-10-3-5-11(6-4-10)13-7-8-16-14-12(15)9-17-18(13)14/h3-6,9,13,16H,2,7-8,15H2,1H3. The van der Waals surface area contributed by atoms with Crippen LogP contribution in [-0.4, -0.2) is 16.3 Å². The minimum Gasteiger partial charge on any atom is -0.394 e. The van der Waals surface area contributed by atoms with Gasteiger partial charge in [-0.1, -0.05) is 31.2 Å². The summed E-state index contributed by atoms with van der Waals surface area (Å²) in [4.78, 5) is 0. The van der Waals surface area contributed by atoms with Crippen molar-refractivity contribution in [2.75, 3.05) is 17.6 Å². The predicted molar refractivity (Wildman–Crippen MR) is 73.7 cm³/mol. The number of anilines is 2. The number of rotatable bonds is 2. The quantitative estimate of drug-likeness (QED) is 0.850. The van der Waals surface area contributed by atoms with Crippen molar-refractivity contribution in [3.05, 3.63) is 41.6 Å². The van der Waals surface area contributed by atoms with Crippen molar-refractivity contribution in [2.24, 2.45) is 0 Å². The van der Waals surface area contributed by atoms with Crippen LogP contribution in [0.3, 0.4) is 0 Å². The predicted octanol–water partition coefficient (Wildman–Crippen LogP) is 2.43. The number of hydrogen-bond donors (Lipinski definition) is 2. The third-order valence-corrected chi connectivity index (χ3v) is 3.60. The van der Waals surface area contributed by atoms with Gasteiger partial charge in [0, 0.05) is 6.54 Å². The average molecular weight is 242 g/mol. The van der Waals surface area contributed by atoms with Crippen LogP contribution in [0.2, 0.25) is 0 Å². The second kappa shape index (κ2) is 4.37. The van der Waals surface area contributed by atoms with E-state index in [4.69, 9.17) is 5.73 Å². The molecule has 0 radical (unpaired) electrons. The molecule has 1 aromatic carbocycles. The number of nitrogens with zero attached hydrogens (tertiary/aromatic N) is 2. The van der Waals surface area contributed by atoms with Crippen molar-refractivity contribution < 1.29 is 0 Å². The summed E-state index contributed by atoms with van der Waals surface area (Å²) >= 11 is 0. The molecule has 0 saturated carbocycles. The van der Waals surface area contributed by atoms with Gasteiger partial charge in [-0.3, -0.25) is 0 Å². The fourth-order valence-corrected chi connectivity index (χ4v) is 2.53. The van der Waals surface area contributed by atoms with Crippen LogP contribution in [0.1, 0.15) is 30.5 Å². The van der Waals surface area contributed by atoms with Gasteiger partial charge in [-0.25, -0.2) is 4.68 Å². The lowest BCUT2D eigenvalue weighted by molar-refractivity contribution is 0.482. The first kappa shape index (κ1) is 11.1. The van der Waals surface area contributed by atoms with Crippen LogP contribution in [0.15, 0.2) is 30.5 Å². The molecule has 1 aromatic heterocycles. The number of nitrogens with two attached hydrogens (primary N) is 1. The summed E-state index contributed by atoms with van der Waals surface area (Å²) in [5, 5.41) is 7.69. The molecular formula is C14H18N4. The first-order valence-corrected chi connectivity index (χ1v) is 6.45. The van der Waals surface area contributed by atoms with E-state index in [1.807, 2.05) is 4.68 Å². The largest absolute Gasteiger partial charge is 0.394 e. The molecule has 0 spiro atoms. The molecule has 1 aliphatic rings. The molecule has 0 fully saturated rings. The highest BCUT2D eigenvalue weighted by molar-refractivity contribution is 5.62. The minimum absolute atomic E-state index is 0.296. The smallest absolute Gasteiger partial charge is 0.148 e. The molecule has 0 bridgehead atoms.